The molecule has 5 fully saturated rings. The predicted octanol–water partition coefficient (Wildman–Crippen LogP) is 8.13. The van der Waals surface area contributed by atoms with E-state index < -0.39 is 5.95 Å². The van der Waals surface area contributed by atoms with Crippen LogP contribution in [0, 0.1) is 29.1 Å². The number of aliphatic hydroxyl groups excluding tert-OH is 2. The maximum absolute atomic E-state index is 10.6. The average Bonchev–Trinajstić information content (AvgIpc) is 3.78. The molecule has 1 saturated heterocycles. The van der Waals surface area contributed by atoms with Gasteiger partial charge in [0.25, 0.3) is 5.95 Å². The van der Waals surface area contributed by atoms with Crippen LogP contribution in [-0.4, -0.2) is 85.1 Å². The second kappa shape index (κ2) is 17.6. The first-order valence-corrected chi connectivity index (χ1v) is 22.3. The van der Waals surface area contributed by atoms with E-state index in [2.05, 4.69) is 39.1 Å². The van der Waals surface area contributed by atoms with Crippen LogP contribution in [0.2, 0.25) is 0 Å². The summed E-state index contributed by atoms with van der Waals surface area (Å²) in [5.74, 6) is 1.01. The minimum Gasteiger partial charge on any atom is -0.480 e. The number of aliphatic hydroxyl groups is 3. The molecule has 318 valence electrons. The summed E-state index contributed by atoms with van der Waals surface area (Å²) >= 11 is 1.47. The van der Waals surface area contributed by atoms with Gasteiger partial charge in [0, 0.05) is 48.6 Å². The third-order valence-corrected chi connectivity index (χ3v) is 13.8. The topological polar surface area (TPSA) is 190 Å². The van der Waals surface area contributed by atoms with Crippen molar-refractivity contribution in [1.82, 2.24) is 30.3 Å². The summed E-state index contributed by atoms with van der Waals surface area (Å²) in [5, 5.41) is 51.8. The van der Waals surface area contributed by atoms with Gasteiger partial charge in [0.05, 0.1) is 28.6 Å². The molecule has 59 heavy (non-hydrogen) atoms. The molecule has 0 radical (unpaired) electrons. The minimum atomic E-state index is -0.822. The van der Waals surface area contributed by atoms with Crippen LogP contribution in [0.15, 0.2) is 76.2 Å². The van der Waals surface area contributed by atoms with Crippen molar-refractivity contribution in [2.45, 2.75) is 111 Å². The Hall–Kier alpha value is -4.50. The quantitative estimate of drug-likeness (QED) is 0.0362. The van der Waals surface area contributed by atoms with Crippen molar-refractivity contribution in [1.29, 1.82) is 5.41 Å². The second-order valence-corrected chi connectivity index (χ2v) is 18.5. The molecule has 2 aliphatic heterocycles. The van der Waals surface area contributed by atoms with Gasteiger partial charge in [0.15, 0.2) is 0 Å². The standard InChI is InChI=1S/C43H57N9O4S.C2H6/c1-27(37(44)50-40-48-33-10-4-5-11-34(33)57-40)30-9-8-16-51(38(30)45)35-13-12-31(36(49-35)39(54)55)32-22-47-52(28(32)2)26-42-20-29-19-41(3,23-42)24-43(21-29,25-42)56-18-15-46-14-6-7-17-53;1-2/h4-5,10-13,22,29,45-46,49,53-55H,6-9,14-21,23-26H2,1-3H3,(H2,44,48,50);1-2H3/b30-27-,45-38?;/t29?,41-,42?,43?;/m0./s1. The molecule has 4 atom stereocenters. The van der Waals surface area contributed by atoms with Crippen LogP contribution in [0.3, 0.4) is 0 Å². The highest BCUT2D eigenvalue weighted by atomic mass is 32.1. The molecule has 14 heteroatoms. The Labute approximate surface area is 352 Å². The van der Waals surface area contributed by atoms with E-state index in [0.717, 1.165) is 97.2 Å². The fourth-order valence-electron chi connectivity index (χ4n) is 11.1. The summed E-state index contributed by atoms with van der Waals surface area (Å²) in [4.78, 5) is 11.1. The largest absolute Gasteiger partial charge is 0.480 e. The summed E-state index contributed by atoms with van der Waals surface area (Å²) < 4.78 is 9.97. The number of aromatic nitrogens is 3. The normalized spacial score (nSPS) is 27.3. The molecule has 4 saturated carbocycles. The number of allylic oxidation sites excluding steroid dienone is 3. The third-order valence-electron chi connectivity index (χ3n) is 12.9. The SMILES string of the molecule is CC.CC(/C(N)=N/c1nc2ccccc2s1)=C1\CCCN(C2=CC=C(c3cnn(CC45CC6CC(OCCNCCCCO)(C4)C[C@@](C)(C6)C5)c3C)C(=C(O)O)N2)C1=N. The van der Waals surface area contributed by atoms with E-state index in [0.29, 0.717) is 47.9 Å². The first-order valence-electron chi connectivity index (χ1n) is 21.5. The van der Waals surface area contributed by atoms with Gasteiger partial charge in [0.2, 0.25) is 5.13 Å². The number of amidine groups is 2. The zero-order chi connectivity index (χ0) is 42.0. The Morgan fingerprint density at radius 3 is 2.69 bits per heavy atom. The van der Waals surface area contributed by atoms with Crippen LogP contribution in [0.1, 0.15) is 103 Å². The molecule has 8 N–H and O–H groups in total. The van der Waals surface area contributed by atoms with Gasteiger partial charge in [-0.2, -0.15) is 5.10 Å². The van der Waals surface area contributed by atoms with Crippen LogP contribution in [0.4, 0.5) is 5.13 Å². The fraction of sp³-hybridized carbons (Fsp3) is 0.556. The smallest absolute Gasteiger partial charge is 0.299 e. The number of ether oxygens (including phenoxy) is 1. The molecule has 1 aromatic carbocycles. The predicted molar refractivity (Wildman–Crippen MR) is 237 cm³/mol. The highest BCUT2D eigenvalue weighted by Crippen LogP contribution is 2.68. The number of fused-ring (bicyclic) bond motifs is 1. The van der Waals surface area contributed by atoms with Crippen molar-refractivity contribution in [2.75, 3.05) is 32.8 Å². The Kier molecular flexibility index (Phi) is 12.7. The lowest BCUT2D eigenvalue weighted by atomic mass is 9.43. The Morgan fingerprint density at radius 1 is 1.12 bits per heavy atom. The van der Waals surface area contributed by atoms with Crippen molar-refractivity contribution >= 4 is 43.9 Å². The fourth-order valence-corrected chi connectivity index (χ4v) is 11.9. The number of hydrogen-bond donors (Lipinski definition) is 7. The van der Waals surface area contributed by atoms with Gasteiger partial charge in [-0.25, -0.2) is 9.98 Å². The zero-order valence-electron chi connectivity index (χ0n) is 35.4. The number of nitrogens with one attached hydrogen (secondary N) is 3. The van der Waals surface area contributed by atoms with Crippen LogP contribution in [0.5, 0.6) is 0 Å². The number of hydrogen-bond acceptors (Lipinski definition) is 11. The highest BCUT2D eigenvalue weighted by molar-refractivity contribution is 7.22. The zero-order valence-corrected chi connectivity index (χ0v) is 36.2. The number of nitrogens with two attached hydrogens (primary N) is 1. The molecule has 0 amide bonds. The maximum atomic E-state index is 10.6. The summed E-state index contributed by atoms with van der Waals surface area (Å²) in [6.45, 7) is 14.4. The Balaban J connectivity index is 0.00000260. The number of nitrogens with zero attached hydrogens (tertiary/aromatic N) is 5. The van der Waals surface area contributed by atoms with Gasteiger partial charge >= 0.3 is 0 Å². The van der Waals surface area contributed by atoms with E-state index in [-0.39, 0.29) is 34.6 Å². The molecular weight excluding hydrogens is 763 g/mol. The van der Waals surface area contributed by atoms with Gasteiger partial charge in [-0.05, 0) is 131 Å². The lowest BCUT2D eigenvalue weighted by Gasteiger charge is -2.65. The van der Waals surface area contributed by atoms with E-state index in [1.54, 1.807) is 0 Å². The molecule has 6 aliphatic rings. The van der Waals surface area contributed by atoms with Crippen LogP contribution in [0.25, 0.3) is 15.8 Å². The number of aliphatic imine (C=N–C) groups is 1. The van der Waals surface area contributed by atoms with Gasteiger partial charge in [-0.15, -0.1) is 0 Å². The molecule has 4 bridgehead atoms. The molecule has 4 aliphatic carbocycles. The lowest BCUT2D eigenvalue weighted by Crippen LogP contribution is -2.61. The van der Waals surface area contributed by atoms with E-state index in [1.165, 1.54) is 24.2 Å². The van der Waals surface area contributed by atoms with Gasteiger partial charge in [0.1, 0.15) is 23.2 Å². The van der Waals surface area contributed by atoms with Crippen molar-refractivity contribution in [3.05, 3.63) is 82.5 Å². The Morgan fingerprint density at radius 2 is 1.93 bits per heavy atom. The molecule has 0 spiro atoms. The minimum absolute atomic E-state index is 0.0846. The number of piperidine rings is 1. The van der Waals surface area contributed by atoms with E-state index in [9.17, 15) is 15.6 Å². The first kappa shape index (κ1) is 42.6. The summed E-state index contributed by atoms with van der Waals surface area (Å²) in [7, 11) is 0. The maximum Gasteiger partial charge on any atom is 0.299 e. The molecule has 3 unspecified atom stereocenters. The number of para-hydroxylation sites is 1. The van der Waals surface area contributed by atoms with Crippen molar-refractivity contribution < 1.29 is 20.1 Å². The van der Waals surface area contributed by atoms with Gasteiger partial charge < -0.3 is 41.3 Å². The van der Waals surface area contributed by atoms with Crippen molar-refractivity contribution in [3.8, 4) is 0 Å². The Bertz CT molecular complexity index is 2160. The van der Waals surface area contributed by atoms with E-state index in [1.807, 2.05) is 68.3 Å². The average molecular weight is 826 g/mol. The molecule has 3 aromatic rings. The number of benzene rings is 1. The number of likely N-dealkylation sites (tertiary alicyclic amines) is 1. The van der Waals surface area contributed by atoms with Crippen LogP contribution < -0.4 is 16.4 Å². The summed E-state index contributed by atoms with van der Waals surface area (Å²) in [6, 6.07) is 7.88. The molecule has 13 nitrogen and oxygen atoms in total. The molecule has 2 aromatic heterocycles. The number of thiazole rings is 1. The molecule has 9 rings (SSSR count). The number of unbranched alkanes of at least 4 members (excludes halogenated alkanes) is 1. The van der Waals surface area contributed by atoms with E-state index in [4.69, 9.17) is 20.7 Å². The molecule has 4 heterocycles. The van der Waals surface area contributed by atoms with E-state index >= 15 is 0 Å². The summed E-state index contributed by atoms with van der Waals surface area (Å²) in [5.41, 5.74) is 11.7. The van der Waals surface area contributed by atoms with Crippen LogP contribution in [-0.2, 0) is 11.3 Å². The lowest BCUT2D eigenvalue weighted by molar-refractivity contribution is -0.222. The highest BCUT2D eigenvalue weighted by Gasteiger charge is 2.62. The second-order valence-electron chi connectivity index (χ2n) is 17.5. The van der Waals surface area contributed by atoms with Gasteiger partial charge in [-0.1, -0.05) is 44.2 Å². The van der Waals surface area contributed by atoms with Gasteiger partial charge in [-0.3, -0.25) is 10.1 Å². The van der Waals surface area contributed by atoms with Crippen LogP contribution >= 0.6 is 11.3 Å². The monoisotopic (exact) mass is 825 g/mol. The summed E-state index contributed by atoms with van der Waals surface area (Å²) in [6.07, 6.45) is 15.7. The van der Waals surface area contributed by atoms with Crippen molar-refractivity contribution in [2.24, 2.45) is 27.5 Å². The van der Waals surface area contributed by atoms with Crippen molar-refractivity contribution in [3.63, 3.8) is 0 Å². The number of dihydropyridines is 1. The third kappa shape index (κ3) is 8.87. The number of rotatable bonds is 14. The first-order chi connectivity index (χ1) is 28.4. The molecular formula is C45H63N9O4S.